The first-order chi connectivity index (χ1) is 12.1. The zero-order valence-electron chi connectivity index (χ0n) is 14.3. The first-order valence-electron chi connectivity index (χ1n) is 7.88. The molecule has 0 aliphatic rings. The quantitative estimate of drug-likeness (QED) is 0.637. The van der Waals surface area contributed by atoms with Crippen LogP contribution in [0.3, 0.4) is 0 Å². The molecule has 9 heteroatoms. The Morgan fingerprint density at radius 2 is 2.24 bits per heavy atom. The van der Waals surface area contributed by atoms with Gasteiger partial charge in [-0.1, -0.05) is 17.8 Å². The fraction of sp³-hybridized carbons (Fsp3) is 0.375. The Labute approximate surface area is 153 Å². The summed E-state index contributed by atoms with van der Waals surface area (Å²) in [6, 6.07) is 4.00. The third kappa shape index (κ3) is 4.10. The smallest absolute Gasteiger partial charge is 0.230 e. The van der Waals surface area contributed by atoms with Gasteiger partial charge in [-0.25, -0.2) is 4.98 Å². The van der Waals surface area contributed by atoms with Gasteiger partial charge in [-0.2, -0.15) is 0 Å². The molecule has 3 aromatic rings. The van der Waals surface area contributed by atoms with Gasteiger partial charge in [-0.05, 0) is 32.2 Å². The Morgan fingerprint density at radius 3 is 2.88 bits per heavy atom. The highest BCUT2D eigenvalue weighted by atomic mass is 32.2. The molecule has 132 valence electrons. The van der Waals surface area contributed by atoms with Crippen molar-refractivity contribution in [2.24, 2.45) is 0 Å². The van der Waals surface area contributed by atoms with Crippen LogP contribution in [0.1, 0.15) is 24.3 Å². The molecule has 25 heavy (non-hydrogen) atoms. The number of rotatable bonds is 7. The highest BCUT2D eigenvalue weighted by Gasteiger charge is 2.15. The number of hydrogen-bond acceptors (Lipinski definition) is 7. The van der Waals surface area contributed by atoms with Crippen molar-refractivity contribution in [1.29, 1.82) is 0 Å². The second-order valence-corrected chi connectivity index (χ2v) is 7.23. The van der Waals surface area contributed by atoms with Gasteiger partial charge < -0.3 is 14.3 Å². The summed E-state index contributed by atoms with van der Waals surface area (Å²) in [4.78, 5) is 17.4. The predicted molar refractivity (Wildman–Crippen MR) is 97.6 cm³/mol. The number of nitrogens with one attached hydrogen (secondary N) is 1. The first kappa shape index (κ1) is 17.7. The number of carbonyl (C=O) groups excluding carboxylic acids is 1. The molecule has 1 N–H and O–H groups in total. The summed E-state index contributed by atoms with van der Waals surface area (Å²) in [5.74, 6) is 2.30. The summed E-state index contributed by atoms with van der Waals surface area (Å²) in [5.41, 5.74) is 0.843. The first-order valence-corrected chi connectivity index (χ1v) is 9.74. The topological polar surface area (TPSA) is 85.8 Å². The Morgan fingerprint density at radius 1 is 1.40 bits per heavy atom. The lowest BCUT2D eigenvalue weighted by Crippen LogP contribution is -2.24. The molecule has 0 aliphatic heterocycles. The zero-order valence-corrected chi connectivity index (χ0v) is 15.9. The van der Waals surface area contributed by atoms with E-state index in [1.54, 1.807) is 11.3 Å². The number of aryl methyl sites for hydroxylation is 2. The van der Waals surface area contributed by atoms with Crippen LogP contribution in [0.4, 0.5) is 0 Å². The number of thioether (sulfide) groups is 1. The average Bonchev–Trinajstić information content (AvgIpc) is 3.31. The van der Waals surface area contributed by atoms with E-state index in [-0.39, 0.29) is 18.2 Å². The maximum absolute atomic E-state index is 12.1. The predicted octanol–water partition coefficient (Wildman–Crippen LogP) is 3.04. The van der Waals surface area contributed by atoms with Crippen molar-refractivity contribution in [2.75, 3.05) is 5.75 Å². The van der Waals surface area contributed by atoms with Crippen LogP contribution in [0.25, 0.3) is 10.7 Å². The van der Waals surface area contributed by atoms with Crippen molar-refractivity contribution in [3.05, 3.63) is 34.9 Å². The van der Waals surface area contributed by atoms with Crippen LogP contribution < -0.4 is 5.32 Å². The minimum absolute atomic E-state index is 0.0955. The van der Waals surface area contributed by atoms with E-state index in [4.69, 9.17) is 4.42 Å². The molecule has 0 unspecified atom stereocenters. The molecule has 7 nitrogen and oxygen atoms in total. The molecule has 3 heterocycles. The molecule has 3 rings (SSSR count). The van der Waals surface area contributed by atoms with Gasteiger partial charge in [0, 0.05) is 6.54 Å². The third-order valence-corrected chi connectivity index (χ3v) is 5.45. The third-order valence-electron chi connectivity index (χ3n) is 3.62. The van der Waals surface area contributed by atoms with E-state index in [9.17, 15) is 4.79 Å². The molecule has 1 amide bonds. The van der Waals surface area contributed by atoms with Gasteiger partial charge in [-0.15, -0.1) is 21.5 Å². The monoisotopic (exact) mass is 377 g/mol. The molecule has 0 aromatic carbocycles. The lowest BCUT2D eigenvalue weighted by atomic mass is 10.4. The highest BCUT2D eigenvalue weighted by Crippen LogP contribution is 2.27. The molecule has 0 aliphatic carbocycles. The van der Waals surface area contributed by atoms with Crippen LogP contribution in [0.2, 0.25) is 0 Å². The number of thiophene rings is 1. The van der Waals surface area contributed by atoms with E-state index in [2.05, 4.69) is 20.5 Å². The van der Waals surface area contributed by atoms with E-state index in [1.807, 2.05) is 42.9 Å². The van der Waals surface area contributed by atoms with E-state index >= 15 is 0 Å². The summed E-state index contributed by atoms with van der Waals surface area (Å²) in [6.45, 7) is 6.81. The summed E-state index contributed by atoms with van der Waals surface area (Å²) >= 11 is 3.00. The zero-order chi connectivity index (χ0) is 17.8. The average molecular weight is 377 g/mol. The summed E-state index contributed by atoms with van der Waals surface area (Å²) in [5, 5.41) is 14.0. The summed E-state index contributed by atoms with van der Waals surface area (Å²) in [7, 11) is 0. The van der Waals surface area contributed by atoms with E-state index < -0.39 is 0 Å². The van der Waals surface area contributed by atoms with Gasteiger partial charge in [0.05, 0.1) is 22.9 Å². The Bertz CT molecular complexity index is 835. The molecule has 0 saturated carbocycles. The molecule has 3 aromatic heterocycles. The number of nitrogens with zero attached hydrogens (tertiary/aromatic N) is 4. The molecule has 0 saturated heterocycles. The Kier molecular flexibility index (Phi) is 5.54. The fourth-order valence-corrected chi connectivity index (χ4v) is 3.79. The summed E-state index contributed by atoms with van der Waals surface area (Å²) < 4.78 is 7.47. The van der Waals surface area contributed by atoms with E-state index in [0.29, 0.717) is 5.89 Å². The number of hydrogen-bond donors (Lipinski definition) is 1. The van der Waals surface area contributed by atoms with Gasteiger partial charge in [0.2, 0.25) is 11.8 Å². The van der Waals surface area contributed by atoms with Crippen LogP contribution >= 0.6 is 23.1 Å². The maximum Gasteiger partial charge on any atom is 0.230 e. The normalized spacial score (nSPS) is 11.0. The van der Waals surface area contributed by atoms with E-state index in [0.717, 1.165) is 33.9 Å². The number of aromatic nitrogens is 4. The molecular weight excluding hydrogens is 358 g/mol. The number of amides is 1. The summed E-state index contributed by atoms with van der Waals surface area (Å²) in [6.07, 6.45) is 0. The van der Waals surface area contributed by atoms with Gasteiger partial charge in [0.25, 0.3) is 0 Å². The van der Waals surface area contributed by atoms with Gasteiger partial charge in [0.1, 0.15) is 5.76 Å². The van der Waals surface area contributed by atoms with Gasteiger partial charge >= 0.3 is 0 Å². The van der Waals surface area contributed by atoms with Gasteiger partial charge in [0.15, 0.2) is 11.0 Å². The molecule has 0 fully saturated rings. The Balaban J connectivity index is 1.57. The van der Waals surface area contributed by atoms with Crippen molar-refractivity contribution < 1.29 is 9.21 Å². The Hall–Kier alpha value is -2.13. The number of carbonyl (C=O) groups is 1. The van der Waals surface area contributed by atoms with Crippen LogP contribution in [-0.2, 0) is 17.9 Å². The van der Waals surface area contributed by atoms with E-state index in [1.165, 1.54) is 11.8 Å². The lowest BCUT2D eigenvalue weighted by molar-refractivity contribution is -0.118. The SMILES string of the molecule is CCn1c(SCC(=O)NCc2nc(C)c(C)o2)nnc1-c1cccs1. The van der Waals surface area contributed by atoms with Crippen LogP contribution in [0.15, 0.2) is 27.1 Å². The fourth-order valence-electron chi connectivity index (χ4n) is 2.24. The van der Waals surface area contributed by atoms with Crippen molar-refractivity contribution in [2.45, 2.75) is 39.0 Å². The largest absolute Gasteiger partial charge is 0.444 e. The number of oxazole rings is 1. The van der Waals surface area contributed by atoms with Crippen LogP contribution in [-0.4, -0.2) is 31.4 Å². The van der Waals surface area contributed by atoms with Crippen molar-refractivity contribution >= 4 is 29.0 Å². The molecule has 0 spiro atoms. The molecule has 0 atom stereocenters. The second-order valence-electron chi connectivity index (χ2n) is 5.34. The molecular formula is C16H19N5O2S2. The standard InChI is InChI=1S/C16H19N5O2S2/c1-4-21-15(12-6-5-7-24-12)19-20-16(21)25-9-13(22)17-8-14-18-10(2)11(3)23-14/h5-7H,4,8-9H2,1-3H3,(H,17,22). The van der Waals surface area contributed by atoms with Crippen molar-refractivity contribution in [1.82, 2.24) is 25.1 Å². The van der Waals surface area contributed by atoms with Crippen LogP contribution in [0.5, 0.6) is 0 Å². The maximum atomic E-state index is 12.1. The van der Waals surface area contributed by atoms with Crippen molar-refractivity contribution in [3.63, 3.8) is 0 Å². The second kappa shape index (κ2) is 7.83. The highest BCUT2D eigenvalue weighted by molar-refractivity contribution is 7.99. The van der Waals surface area contributed by atoms with Crippen molar-refractivity contribution in [3.8, 4) is 10.7 Å². The molecule has 0 radical (unpaired) electrons. The lowest BCUT2D eigenvalue weighted by Gasteiger charge is -2.06. The minimum Gasteiger partial charge on any atom is -0.444 e. The molecule has 0 bridgehead atoms. The van der Waals surface area contributed by atoms with Gasteiger partial charge in [-0.3, -0.25) is 4.79 Å². The minimum atomic E-state index is -0.0955. The van der Waals surface area contributed by atoms with Crippen LogP contribution in [0, 0.1) is 13.8 Å².